The minimum atomic E-state index is -4.33. The number of nitrogens with two attached hydrogens (primary N) is 1. The van der Waals surface area contributed by atoms with Crippen LogP contribution in [0.15, 0.2) is 0 Å². The van der Waals surface area contributed by atoms with E-state index in [1.807, 2.05) is 0 Å². The maximum Gasteiger partial charge on any atom is 0.389 e. The highest BCUT2D eigenvalue weighted by Crippen LogP contribution is 2.38. The van der Waals surface area contributed by atoms with Crippen LogP contribution in [0.2, 0.25) is 0 Å². The molecule has 4 unspecified atom stereocenters. The summed E-state index contributed by atoms with van der Waals surface area (Å²) in [6.45, 7) is 0.551. The molecule has 2 fully saturated rings. The lowest BCUT2D eigenvalue weighted by Gasteiger charge is -2.45. The Labute approximate surface area is 109 Å². The summed E-state index contributed by atoms with van der Waals surface area (Å²) < 4.78 is 66.9. The van der Waals surface area contributed by atoms with E-state index in [0.717, 1.165) is 6.42 Å². The zero-order valence-corrected chi connectivity index (χ0v) is 11.0. The summed E-state index contributed by atoms with van der Waals surface area (Å²) in [4.78, 5) is 0. The first-order valence-electron chi connectivity index (χ1n) is 6.13. The third-order valence-electron chi connectivity index (χ3n) is 3.64. The van der Waals surface area contributed by atoms with Crippen molar-refractivity contribution in [1.29, 1.82) is 0 Å². The molecule has 9 heteroatoms. The number of rotatable bonds is 5. The molecule has 112 valence electrons. The number of fused-ring (bicyclic) bond motifs is 1. The van der Waals surface area contributed by atoms with Crippen LogP contribution in [-0.2, 0) is 14.8 Å². The van der Waals surface area contributed by atoms with Crippen molar-refractivity contribution in [3.8, 4) is 0 Å². The fourth-order valence-electron chi connectivity index (χ4n) is 2.62. The Bertz CT molecular complexity index is 426. The summed E-state index contributed by atoms with van der Waals surface area (Å²) in [6.07, 6.45) is -5.31. The number of hydrogen-bond acceptors (Lipinski definition) is 4. The average Bonchev–Trinajstić information content (AvgIpc) is 2.68. The molecular weight excluding hydrogens is 285 g/mol. The van der Waals surface area contributed by atoms with E-state index < -0.39 is 40.8 Å². The van der Waals surface area contributed by atoms with Gasteiger partial charge in [0.2, 0.25) is 10.0 Å². The highest BCUT2D eigenvalue weighted by molar-refractivity contribution is 7.89. The van der Waals surface area contributed by atoms with Crippen LogP contribution < -0.4 is 10.5 Å². The van der Waals surface area contributed by atoms with Gasteiger partial charge in [0.05, 0.1) is 17.9 Å². The predicted molar refractivity (Wildman–Crippen MR) is 61.8 cm³/mol. The molecule has 1 heterocycles. The van der Waals surface area contributed by atoms with Crippen LogP contribution in [0.3, 0.4) is 0 Å². The van der Waals surface area contributed by atoms with Gasteiger partial charge < -0.3 is 10.5 Å². The molecule has 2 aliphatic rings. The summed E-state index contributed by atoms with van der Waals surface area (Å²) >= 11 is 0. The molecule has 0 aromatic carbocycles. The van der Waals surface area contributed by atoms with Crippen LogP contribution in [0, 0.1) is 5.92 Å². The topological polar surface area (TPSA) is 81.4 Å². The molecule has 4 atom stereocenters. The van der Waals surface area contributed by atoms with E-state index in [9.17, 15) is 21.6 Å². The molecule has 0 aromatic rings. The van der Waals surface area contributed by atoms with Gasteiger partial charge in [-0.15, -0.1) is 0 Å². The molecular formula is C10H17F3N2O3S. The van der Waals surface area contributed by atoms with E-state index in [4.69, 9.17) is 10.5 Å². The summed E-state index contributed by atoms with van der Waals surface area (Å²) in [5, 5.41) is 0. The van der Waals surface area contributed by atoms with Crippen molar-refractivity contribution in [2.24, 2.45) is 11.7 Å². The van der Waals surface area contributed by atoms with E-state index in [1.54, 1.807) is 0 Å². The Balaban J connectivity index is 1.81. The number of alkyl halides is 3. The van der Waals surface area contributed by atoms with E-state index in [-0.39, 0.29) is 18.1 Å². The Hall–Kier alpha value is -0.380. The number of sulfonamides is 1. The lowest BCUT2D eigenvalue weighted by atomic mass is 9.73. The van der Waals surface area contributed by atoms with Crippen molar-refractivity contribution in [1.82, 2.24) is 4.72 Å². The molecule has 1 saturated heterocycles. The van der Waals surface area contributed by atoms with E-state index in [1.165, 1.54) is 0 Å². The van der Waals surface area contributed by atoms with Gasteiger partial charge in [-0.3, -0.25) is 0 Å². The molecule has 5 nitrogen and oxygen atoms in total. The number of hydrogen-bond donors (Lipinski definition) is 2. The maximum atomic E-state index is 12.0. The first-order valence-corrected chi connectivity index (χ1v) is 7.79. The highest BCUT2D eigenvalue weighted by atomic mass is 32.2. The molecule has 3 N–H and O–H groups in total. The normalized spacial score (nSPS) is 34.9. The molecule has 19 heavy (non-hydrogen) atoms. The Morgan fingerprint density at radius 2 is 2.05 bits per heavy atom. The molecule has 0 amide bonds. The van der Waals surface area contributed by atoms with Crippen LogP contribution in [-0.4, -0.2) is 45.1 Å². The van der Waals surface area contributed by atoms with Gasteiger partial charge in [-0.25, -0.2) is 13.1 Å². The third kappa shape index (κ3) is 3.59. The van der Waals surface area contributed by atoms with Crippen molar-refractivity contribution in [3.05, 3.63) is 0 Å². The van der Waals surface area contributed by atoms with Crippen molar-refractivity contribution < 1.29 is 26.3 Å². The highest BCUT2D eigenvalue weighted by Gasteiger charge is 2.53. The van der Waals surface area contributed by atoms with Gasteiger partial charge in [-0.1, -0.05) is 0 Å². The second-order valence-corrected chi connectivity index (χ2v) is 6.92. The van der Waals surface area contributed by atoms with Gasteiger partial charge in [-0.05, 0) is 12.8 Å². The van der Waals surface area contributed by atoms with E-state index in [0.29, 0.717) is 6.61 Å². The van der Waals surface area contributed by atoms with Crippen LogP contribution in [0.5, 0.6) is 0 Å². The lowest BCUT2D eigenvalue weighted by Crippen LogP contribution is -2.69. The predicted octanol–water partition coefficient (Wildman–Crippen LogP) is 0.363. The third-order valence-corrected chi connectivity index (χ3v) is 5.09. The average molecular weight is 302 g/mol. The van der Waals surface area contributed by atoms with Gasteiger partial charge in [0.25, 0.3) is 0 Å². The fraction of sp³-hybridized carbons (Fsp3) is 1.00. The summed E-state index contributed by atoms with van der Waals surface area (Å²) in [6, 6.07) is -0.826. The first kappa shape index (κ1) is 15.0. The molecule has 1 aliphatic carbocycles. The molecule has 0 aromatic heterocycles. The Morgan fingerprint density at radius 1 is 1.37 bits per heavy atom. The Morgan fingerprint density at radius 3 is 2.68 bits per heavy atom. The monoisotopic (exact) mass is 302 g/mol. The molecule has 1 saturated carbocycles. The van der Waals surface area contributed by atoms with Crippen molar-refractivity contribution in [2.45, 2.75) is 43.6 Å². The smallest absolute Gasteiger partial charge is 0.376 e. The minimum absolute atomic E-state index is 0.155. The number of ether oxygens (including phenoxy) is 1. The van der Waals surface area contributed by atoms with Gasteiger partial charge in [0.1, 0.15) is 0 Å². The van der Waals surface area contributed by atoms with Crippen molar-refractivity contribution in [2.75, 3.05) is 12.4 Å². The van der Waals surface area contributed by atoms with Crippen LogP contribution in [0.1, 0.15) is 19.3 Å². The quantitative estimate of drug-likeness (QED) is 0.768. The molecule has 0 radical (unpaired) electrons. The maximum absolute atomic E-state index is 12.0. The van der Waals surface area contributed by atoms with E-state index >= 15 is 0 Å². The SMILES string of the molecule is NC1C2CCOC2C1NS(=O)(=O)CCCC(F)(F)F. The largest absolute Gasteiger partial charge is 0.389 e. The van der Waals surface area contributed by atoms with Gasteiger partial charge in [0, 0.05) is 25.0 Å². The van der Waals surface area contributed by atoms with Gasteiger partial charge in [0.15, 0.2) is 0 Å². The second-order valence-electron chi connectivity index (χ2n) is 5.05. The van der Waals surface area contributed by atoms with Crippen LogP contribution >= 0.6 is 0 Å². The Kier molecular flexibility index (Phi) is 4.10. The summed E-state index contributed by atoms with van der Waals surface area (Å²) in [7, 11) is -3.75. The summed E-state index contributed by atoms with van der Waals surface area (Å²) in [5.41, 5.74) is 5.83. The zero-order chi connectivity index (χ0) is 14.3. The first-order chi connectivity index (χ1) is 8.70. The van der Waals surface area contributed by atoms with Crippen LogP contribution in [0.25, 0.3) is 0 Å². The van der Waals surface area contributed by atoms with Gasteiger partial charge >= 0.3 is 6.18 Å². The van der Waals surface area contributed by atoms with E-state index in [2.05, 4.69) is 4.72 Å². The molecule has 2 rings (SSSR count). The van der Waals surface area contributed by atoms with Crippen molar-refractivity contribution >= 4 is 10.0 Å². The fourth-order valence-corrected chi connectivity index (χ4v) is 3.97. The molecule has 0 spiro atoms. The minimum Gasteiger partial charge on any atom is -0.376 e. The number of nitrogens with one attached hydrogen (secondary N) is 1. The molecule has 0 bridgehead atoms. The number of halogens is 3. The lowest BCUT2D eigenvalue weighted by molar-refractivity contribution is -0.134. The zero-order valence-electron chi connectivity index (χ0n) is 10.2. The summed E-state index contributed by atoms with van der Waals surface area (Å²) in [5.74, 6) is -0.393. The standard InChI is InChI=1S/C10H17F3N2O3S/c11-10(12,13)3-1-5-19(16,17)15-8-7(14)6-2-4-18-9(6)8/h6-9,15H,1-5,14H2. The van der Waals surface area contributed by atoms with Crippen LogP contribution in [0.4, 0.5) is 13.2 Å². The second kappa shape index (κ2) is 5.19. The van der Waals surface area contributed by atoms with Crippen molar-refractivity contribution in [3.63, 3.8) is 0 Å². The molecule has 1 aliphatic heterocycles. The van der Waals surface area contributed by atoms with Gasteiger partial charge in [-0.2, -0.15) is 13.2 Å².